The van der Waals surface area contributed by atoms with E-state index in [9.17, 15) is 24.5 Å². The van der Waals surface area contributed by atoms with E-state index in [1.54, 1.807) is 19.1 Å². The lowest BCUT2D eigenvalue weighted by Gasteiger charge is -2.12. The number of benzene rings is 1. The lowest BCUT2D eigenvalue weighted by atomic mass is 10.1. The molecule has 0 saturated carbocycles. The molecule has 0 radical (unpaired) electrons. The van der Waals surface area contributed by atoms with E-state index >= 15 is 0 Å². The molecule has 1 aliphatic heterocycles. The standard InChI is InChI=1S/C20H19N3O6S/c1-11-7-15(23(27)28)5-6-16(11)22-12(2)8-14(13(22)3)9-17-19(25)21(20(26)30-17)10-18(24)29-4/h5-9H,10H2,1-4H3/b17-9-. The van der Waals surface area contributed by atoms with E-state index in [0.717, 1.165) is 44.9 Å². The van der Waals surface area contributed by atoms with Gasteiger partial charge in [-0.15, -0.1) is 0 Å². The summed E-state index contributed by atoms with van der Waals surface area (Å²) in [6, 6.07) is 6.50. The third-order valence-corrected chi connectivity index (χ3v) is 5.68. The highest BCUT2D eigenvalue weighted by Crippen LogP contribution is 2.34. The second-order valence-corrected chi connectivity index (χ2v) is 7.73. The van der Waals surface area contributed by atoms with Crippen LogP contribution in [-0.2, 0) is 14.3 Å². The minimum Gasteiger partial charge on any atom is -0.468 e. The second kappa shape index (κ2) is 8.15. The Morgan fingerprint density at radius 2 is 1.93 bits per heavy atom. The van der Waals surface area contributed by atoms with Crippen molar-refractivity contribution in [3.05, 3.63) is 61.8 Å². The fraction of sp³-hybridized carbons (Fsp3) is 0.250. The van der Waals surface area contributed by atoms with E-state index in [4.69, 9.17) is 0 Å². The second-order valence-electron chi connectivity index (χ2n) is 6.73. The van der Waals surface area contributed by atoms with E-state index < -0.39 is 28.6 Å². The van der Waals surface area contributed by atoms with Crippen LogP contribution in [0.3, 0.4) is 0 Å². The molecule has 2 aromatic rings. The summed E-state index contributed by atoms with van der Waals surface area (Å²) in [4.78, 5) is 47.7. The van der Waals surface area contributed by atoms with E-state index in [2.05, 4.69) is 4.74 Å². The van der Waals surface area contributed by atoms with E-state index in [1.165, 1.54) is 19.2 Å². The van der Waals surface area contributed by atoms with Crippen molar-refractivity contribution in [3.8, 4) is 5.69 Å². The number of carbonyl (C=O) groups is 3. The Hall–Kier alpha value is -3.40. The van der Waals surface area contributed by atoms with Crippen LogP contribution in [0.15, 0.2) is 29.2 Å². The normalized spacial score (nSPS) is 15.2. The van der Waals surface area contributed by atoms with Crippen LogP contribution >= 0.6 is 11.8 Å². The molecule has 2 amide bonds. The van der Waals surface area contributed by atoms with Crippen molar-refractivity contribution in [1.29, 1.82) is 0 Å². The van der Waals surface area contributed by atoms with Crippen molar-refractivity contribution in [2.24, 2.45) is 0 Å². The van der Waals surface area contributed by atoms with Crippen LogP contribution in [0.25, 0.3) is 11.8 Å². The molecule has 1 saturated heterocycles. The van der Waals surface area contributed by atoms with Gasteiger partial charge in [0.25, 0.3) is 16.8 Å². The lowest BCUT2D eigenvalue weighted by Crippen LogP contribution is -2.34. The molecular formula is C20H19N3O6S. The molecule has 2 heterocycles. The smallest absolute Gasteiger partial charge is 0.325 e. The summed E-state index contributed by atoms with van der Waals surface area (Å²) in [5, 5.41) is 10.5. The molecule has 0 bridgehead atoms. The number of rotatable bonds is 5. The highest BCUT2D eigenvalue weighted by atomic mass is 32.2. The summed E-state index contributed by atoms with van der Waals surface area (Å²) in [6.07, 6.45) is 1.61. The van der Waals surface area contributed by atoms with Crippen LogP contribution in [0.4, 0.5) is 10.5 Å². The zero-order valence-electron chi connectivity index (χ0n) is 16.8. The number of aryl methyl sites for hydroxylation is 2. The molecule has 1 aliphatic rings. The van der Waals surface area contributed by atoms with Gasteiger partial charge in [0.15, 0.2) is 0 Å². The number of methoxy groups -OCH3 is 1. The Kier molecular flexibility index (Phi) is 5.79. The summed E-state index contributed by atoms with van der Waals surface area (Å²) in [5.74, 6) is -1.22. The summed E-state index contributed by atoms with van der Waals surface area (Å²) < 4.78 is 6.46. The minimum absolute atomic E-state index is 0.0122. The number of nitro benzene ring substituents is 1. The molecular weight excluding hydrogens is 410 g/mol. The van der Waals surface area contributed by atoms with Crippen LogP contribution in [-0.4, -0.2) is 45.2 Å². The Bertz CT molecular complexity index is 1120. The van der Waals surface area contributed by atoms with Gasteiger partial charge in [-0.3, -0.25) is 29.4 Å². The number of nitrogens with zero attached hydrogens (tertiary/aromatic N) is 3. The average molecular weight is 429 g/mol. The quantitative estimate of drug-likeness (QED) is 0.309. The summed E-state index contributed by atoms with van der Waals surface area (Å²) in [6.45, 7) is 5.10. The van der Waals surface area contributed by atoms with E-state index in [1.807, 2.05) is 24.5 Å². The zero-order valence-corrected chi connectivity index (χ0v) is 17.6. The van der Waals surface area contributed by atoms with Gasteiger partial charge in [0.1, 0.15) is 6.54 Å². The van der Waals surface area contributed by atoms with Gasteiger partial charge < -0.3 is 9.30 Å². The molecule has 0 atom stereocenters. The lowest BCUT2D eigenvalue weighted by molar-refractivity contribution is -0.384. The third-order valence-electron chi connectivity index (χ3n) is 4.78. The van der Waals surface area contributed by atoms with Gasteiger partial charge in [0.2, 0.25) is 0 Å². The predicted molar refractivity (Wildman–Crippen MR) is 111 cm³/mol. The molecule has 9 nitrogen and oxygen atoms in total. The number of thioether (sulfide) groups is 1. The van der Waals surface area contributed by atoms with Gasteiger partial charge >= 0.3 is 5.97 Å². The molecule has 0 unspecified atom stereocenters. The van der Waals surface area contributed by atoms with Gasteiger partial charge in [-0.2, -0.15) is 0 Å². The highest BCUT2D eigenvalue weighted by Gasteiger charge is 2.36. The Morgan fingerprint density at radius 1 is 1.23 bits per heavy atom. The van der Waals surface area contributed by atoms with Gasteiger partial charge in [-0.25, -0.2) is 0 Å². The molecule has 30 heavy (non-hydrogen) atoms. The first kappa shape index (κ1) is 21.3. The fourth-order valence-electron chi connectivity index (χ4n) is 3.28. The monoisotopic (exact) mass is 429 g/mol. The molecule has 156 valence electrons. The molecule has 3 rings (SSSR count). The van der Waals surface area contributed by atoms with Crippen molar-refractivity contribution in [2.75, 3.05) is 13.7 Å². The topological polar surface area (TPSA) is 112 Å². The van der Waals surface area contributed by atoms with Crippen LogP contribution in [0, 0.1) is 30.9 Å². The SMILES string of the molecule is COC(=O)CN1C(=O)S/C(=C\c2cc(C)n(-c3ccc([N+](=O)[O-])cc3C)c2C)C1=O. The molecule has 1 fully saturated rings. The summed E-state index contributed by atoms with van der Waals surface area (Å²) in [5.41, 5.74) is 3.94. The van der Waals surface area contributed by atoms with Crippen LogP contribution in [0.2, 0.25) is 0 Å². The van der Waals surface area contributed by atoms with Crippen LogP contribution in [0.5, 0.6) is 0 Å². The van der Waals surface area contributed by atoms with Crippen molar-refractivity contribution in [2.45, 2.75) is 20.8 Å². The maximum absolute atomic E-state index is 12.5. The van der Waals surface area contributed by atoms with Crippen molar-refractivity contribution in [3.63, 3.8) is 0 Å². The third kappa shape index (κ3) is 3.86. The summed E-state index contributed by atoms with van der Waals surface area (Å²) in [7, 11) is 1.19. The summed E-state index contributed by atoms with van der Waals surface area (Å²) >= 11 is 0.764. The first-order valence-electron chi connectivity index (χ1n) is 8.90. The van der Waals surface area contributed by atoms with Gasteiger partial charge in [0.05, 0.1) is 16.9 Å². The highest BCUT2D eigenvalue weighted by molar-refractivity contribution is 8.18. The maximum atomic E-state index is 12.5. The van der Waals surface area contributed by atoms with Crippen LogP contribution in [0.1, 0.15) is 22.5 Å². The number of hydrogen-bond donors (Lipinski definition) is 0. The van der Waals surface area contributed by atoms with Gasteiger partial charge in [-0.1, -0.05) is 0 Å². The van der Waals surface area contributed by atoms with Gasteiger partial charge in [0, 0.05) is 29.2 Å². The molecule has 10 heteroatoms. The molecule has 1 aromatic heterocycles. The van der Waals surface area contributed by atoms with E-state index in [-0.39, 0.29) is 10.6 Å². The number of carbonyl (C=O) groups excluding carboxylic acids is 3. The Morgan fingerprint density at radius 3 is 2.53 bits per heavy atom. The average Bonchev–Trinajstić information content (AvgIpc) is 3.11. The number of nitro groups is 1. The first-order chi connectivity index (χ1) is 14.1. The molecule has 1 aromatic carbocycles. The minimum atomic E-state index is -0.676. The fourth-order valence-corrected chi connectivity index (χ4v) is 4.11. The number of hydrogen-bond acceptors (Lipinski definition) is 7. The Balaban J connectivity index is 1.97. The predicted octanol–water partition coefficient (Wildman–Crippen LogP) is 3.52. The largest absolute Gasteiger partial charge is 0.468 e. The maximum Gasteiger partial charge on any atom is 0.325 e. The molecule has 0 N–H and O–H groups in total. The van der Waals surface area contributed by atoms with Crippen molar-refractivity contribution >= 4 is 40.6 Å². The number of ether oxygens (including phenoxy) is 1. The Labute approximate surface area is 176 Å². The zero-order chi connectivity index (χ0) is 22.2. The number of amides is 2. The van der Waals surface area contributed by atoms with Crippen molar-refractivity contribution in [1.82, 2.24) is 9.47 Å². The molecule has 0 spiro atoms. The first-order valence-corrected chi connectivity index (χ1v) is 9.72. The van der Waals surface area contributed by atoms with Crippen molar-refractivity contribution < 1.29 is 24.0 Å². The number of imide groups is 1. The van der Waals surface area contributed by atoms with Crippen LogP contribution < -0.4 is 0 Å². The number of esters is 1. The van der Waals surface area contributed by atoms with E-state index in [0.29, 0.717) is 0 Å². The molecule has 0 aliphatic carbocycles. The number of aromatic nitrogens is 1. The van der Waals surface area contributed by atoms with Gasteiger partial charge in [-0.05, 0) is 61.9 Å². The number of non-ortho nitro benzene ring substituents is 1.